The van der Waals surface area contributed by atoms with Crippen LogP contribution in [0.4, 0.5) is 0 Å². The van der Waals surface area contributed by atoms with Gasteiger partial charge in [-0.15, -0.1) is 0 Å². The van der Waals surface area contributed by atoms with Crippen molar-refractivity contribution in [2.24, 2.45) is 12.8 Å². The van der Waals surface area contributed by atoms with Gasteiger partial charge in [0.2, 0.25) is 0 Å². The molecule has 0 aromatic carbocycles. The van der Waals surface area contributed by atoms with E-state index >= 15 is 0 Å². The lowest BCUT2D eigenvalue weighted by atomic mass is 10.1. The van der Waals surface area contributed by atoms with Crippen molar-refractivity contribution < 1.29 is 4.79 Å². The number of hydrogen-bond acceptors (Lipinski definition) is 4. The summed E-state index contributed by atoms with van der Waals surface area (Å²) >= 11 is 0. The third-order valence-electron chi connectivity index (χ3n) is 4.08. The van der Waals surface area contributed by atoms with Crippen LogP contribution in [0.2, 0.25) is 0 Å². The van der Waals surface area contributed by atoms with Crippen molar-refractivity contribution in [2.75, 3.05) is 32.7 Å². The van der Waals surface area contributed by atoms with E-state index in [9.17, 15) is 4.79 Å². The van der Waals surface area contributed by atoms with Gasteiger partial charge in [-0.25, -0.2) is 0 Å². The minimum absolute atomic E-state index is 0.0774. The molecule has 2 heterocycles. The van der Waals surface area contributed by atoms with Gasteiger partial charge in [0.1, 0.15) is 5.69 Å². The number of carbonyl (C=O) groups excluding carboxylic acids is 1. The molecule has 6 heteroatoms. The van der Waals surface area contributed by atoms with Gasteiger partial charge in [0.05, 0.1) is 5.69 Å². The number of hydrogen-bond donors (Lipinski definition) is 1. The van der Waals surface area contributed by atoms with Gasteiger partial charge < -0.3 is 10.6 Å². The first kappa shape index (κ1) is 15.0. The highest BCUT2D eigenvalue weighted by atomic mass is 16.2. The molecule has 1 saturated heterocycles. The van der Waals surface area contributed by atoms with Gasteiger partial charge in [-0.05, 0) is 19.4 Å². The smallest absolute Gasteiger partial charge is 0.272 e. The molecule has 1 unspecified atom stereocenters. The number of carbonyl (C=O) groups is 1. The zero-order chi connectivity index (χ0) is 14.7. The predicted molar refractivity (Wildman–Crippen MR) is 78.6 cm³/mol. The van der Waals surface area contributed by atoms with Gasteiger partial charge in [0, 0.05) is 45.8 Å². The van der Waals surface area contributed by atoms with Crippen LogP contribution >= 0.6 is 0 Å². The first-order valence-electron chi connectivity index (χ1n) is 7.30. The van der Waals surface area contributed by atoms with Crippen LogP contribution in [0.3, 0.4) is 0 Å². The Balaban J connectivity index is 1.97. The number of rotatable bonds is 4. The van der Waals surface area contributed by atoms with Crippen molar-refractivity contribution in [1.29, 1.82) is 0 Å². The summed E-state index contributed by atoms with van der Waals surface area (Å²) in [5.41, 5.74) is 7.34. The molecule has 0 saturated carbocycles. The molecule has 112 valence electrons. The molecule has 0 bridgehead atoms. The summed E-state index contributed by atoms with van der Waals surface area (Å²) in [6.45, 7) is 8.08. The van der Waals surface area contributed by atoms with E-state index in [1.165, 1.54) is 0 Å². The molecule has 1 aliphatic rings. The van der Waals surface area contributed by atoms with Gasteiger partial charge >= 0.3 is 0 Å². The third kappa shape index (κ3) is 3.02. The molecule has 1 aromatic rings. The summed E-state index contributed by atoms with van der Waals surface area (Å²) in [6, 6.07) is 2.29. The Bertz CT molecular complexity index is 458. The summed E-state index contributed by atoms with van der Waals surface area (Å²) < 4.78 is 1.67. The van der Waals surface area contributed by atoms with E-state index in [2.05, 4.69) is 16.9 Å². The van der Waals surface area contributed by atoms with Crippen LogP contribution in [-0.4, -0.2) is 64.3 Å². The first-order valence-corrected chi connectivity index (χ1v) is 7.30. The zero-order valence-electron chi connectivity index (χ0n) is 12.7. The summed E-state index contributed by atoms with van der Waals surface area (Å²) in [5, 5.41) is 4.24. The van der Waals surface area contributed by atoms with Crippen molar-refractivity contribution in [2.45, 2.75) is 26.3 Å². The fraction of sp³-hybridized carbons (Fsp3) is 0.714. The van der Waals surface area contributed by atoms with Gasteiger partial charge in [0.25, 0.3) is 5.91 Å². The molecule has 2 N–H and O–H groups in total. The maximum Gasteiger partial charge on any atom is 0.272 e. The number of nitrogens with zero attached hydrogens (tertiary/aromatic N) is 4. The number of aryl methyl sites for hydroxylation is 2. The molecule has 0 radical (unpaired) electrons. The molecule has 0 aliphatic carbocycles. The van der Waals surface area contributed by atoms with Crippen LogP contribution in [-0.2, 0) is 7.05 Å². The normalized spacial score (nSPS) is 18.3. The minimum Gasteiger partial charge on any atom is -0.335 e. The average Bonchev–Trinajstić information content (AvgIpc) is 2.79. The van der Waals surface area contributed by atoms with E-state index in [1.54, 1.807) is 4.68 Å². The second kappa shape index (κ2) is 6.37. The Morgan fingerprint density at radius 1 is 1.40 bits per heavy atom. The average molecular weight is 279 g/mol. The van der Waals surface area contributed by atoms with Crippen LogP contribution in [0, 0.1) is 6.92 Å². The standard InChI is InChI=1S/C14H25N5O/c1-4-12(10-15)18-5-7-19(8-6-18)14(20)13-9-11(2)16-17(13)3/h9,12H,4-8,10,15H2,1-3H3. The van der Waals surface area contributed by atoms with Crippen LogP contribution in [0.15, 0.2) is 6.07 Å². The van der Waals surface area contributed by atoms with Gasteiger partial charge in [-0.3, -0.25) is 14.4 Å². The van der Waals surface area contributed by atoms with Crippen LogP contribution in [0.25, 0.3) is 0 Å². The Labute approximate surface area is 120 Å². The van der Waals surface area contributed by atoms with Gasteiger partial charge in [-0.1, -0.05) is 6.92 Å². The first-order chi connectivity index (χ1) is 9.56. The molecule has 2 rings (SSSR count). The zero-order valence-corrected chi connectivity index (χ0v) is 12.7. The van der Waals surface area contributed by atoms with Crippen molar-refractivity contribution >= 4 is 5.91 Å². The summed E-state index contributed by atoms with van der Waals surface area (Å²) in [7, 11) is 1.82. The largest absolute Gasteiger partial charge is 0.335 e. The minimum atomic E-state index is 0.0774. The highest BCUT2D eigenvalue weighted by Crippen LogP contribution is 2.12. The molecule has 1 amide bonds. The third-order valence-corrected chi connectivity index (χ3v) is 4.08. The molecular formula is C14H25N5O. The molecule has 20 heavy (non-hydrogen) atoms. The van der Waals surface area contributed by atoms with E-state index in [0.29, 0.717) is 18.3 Å². The van der Waals surface area contributed by atoms with Crippen LogP contribution in [0.5, 0.6) is 0 Å². The second-order valence-corrected chi connectivity index (χ2v) is 5.42. The number of amides is 1. The van der Waals surface area contributed by atoms with Gasteiger partial charge in [0.15, 0.2) is 0 Å². The number of piperazine rings is 1. The quantitative estimate of drug-likeness (QED) is 0.856. The van der Waals surface area contributed by atoms with Crippen molar-refractivity contribution in [3.05, 3.63) is 17.5 Å². The lowest BCUT2D eigenvalue weighted by Gasteiger charge is -2.38. The Hall–Kier alpha value is -1.40. The molecule has 1 fully saturated rings. The number of nitrogens with two attached hydrogens (primary N) is 1. The van der Waals surface area contributed by atoms with Crippen LogP contribution < -0.4 is 5.73 Å². The summed E-state index contributed by atoms with van der Waals surface area (Å²) in [4.78, 5) is 16.8. The van der Waals surface area contributed by atoms with E-state index in [-0.39, 0.29) is 5.91 Å². The van der Waals surface area contributed by atoms with E-state index in [1.807, 2.05) is 24.9 Å². The monoisotopic (exact) mass is 279 g/mol. The molecule has 1 aliphatic heterocycles. The highest BCUT2D eigenvalue weighted by molar-refractivity contribution is 5.92. The fourth-order valence-corrected chi connectivity index (χ4v) is 2.84. The molecule has 1 aromatic heterocycles. The maximum absolute atomic E-state index is 12.5. The Morgan fingerprint density at radius 2 is 2.05 bits per heavy atom. The lowest BCUT2D eigenvalue weighted by Crippen LogP contribution is -2.53. The number of aromatic nitrogens is 2. The highest BCUT2D eigenvalue weighted by Gasteiger charge is 2.26. The summed E-state index contributed by atoms with van der Waals surface area (Å²) in [6.07, 6.45) is 1.06. The van der Waals surface area contributed by atoms with Crippen molar-refractivity contribution in [1.82, 2.24) is 19.6 Å². The molecule has 6 nitrogen and oxygen atoms in total. The Morgan fingerprint density at radius 3 is 2.50 bits per heavy atom. The lowest BCUT2D eigenvalue weighted by molar-refractivity contribution is 0.0561. The fourth-order valence-electron chi connectivity index (χ4n) is 2.84. The maximum atomic E-state index is 12.5. The van der Waals surface area contributed by atoms with Gasteiger partial charge in [-0.2, -0.15) is 5.10 Å². The molecule has 0 spiro atoms. The SMILES string of the molecule is CCC(CN)N1CCN(C(=O)c2cc(C)nn2C)CC1. The van der Waals surface area contributed by atoms with Crippen molar-refractivity contribution in [3.63, 3.8) is 0 Å². The second-order valence-electron chi connectivity index (χ2n) is 5.42. The van der Waals surface area contributed by atoms with E-state index in [0.717, 1.165) is 38.3 Å². The van der Waals surface area contributed by atoms with E-state index < -0.39 is 0 Å². The van der Waals surface area contributed by atoms with Crippen LogP contribution in [0.1, 0.15) is 29.5 Å². The molecular weight excluding hydrogens is 254 g/mol. The summed E-state index contributed by atoms with van der Waals surface area (Å²) in [5.74, 6) is 0.0774. The van der Waals surface area contributed by atoms with Crippen molar-refractivity contribution in [3.8, 4) is 0 Å². The topological polar surface area (TPSA) is 67.4 Å². The predicted octanol–water partition coefficient (Wildman–Crippen LogP) is 0.224. The molecule has 1 atom stereocenters. The Kier molecular flexibility index (Phi) is 4.77. The van der Waals surface area contributed by atoms with E-state index in [4.69, 9.17) is 5.73 Å².